The lowest BCUT2D eigenvalue weighted by Crippen LogP contribution is -2.13. The summed E-state index contributed by atoms with van der Waals surface area (Å²) in [5.41, 5.74) is 2.88. The molecule has 0 aliphatic rings. The second-order valence-electron chi connectivity index (χ2n) is 4.08. The number of carboxylic acid groups (broad SMARTS) is 1. The minimum atomic E-state index is -0.772. The molecular formula is C13H14BrNO2. The quantitative estimate of drug-likeness (QED) is 0.940. The Morgan fingerprint density at radius 3 is 2.82 bits per heavy atom. The lowest BCUT2D eigenvalue weighted by molar-refractivity contribution is -0.139. The number of pyridine rings is 1. The molecule has 0 amide bonds. The lowest BCUT2D eigenvalue weighted by atomic mass is 10.00. The SMILES string of the molecule is CCC(C(=O)O)c1c(C)c(Br)c2ccccn12. The van der Waals surface area contributed by atoms with Crippen LogP contribution in [0.2, 0.25) is 0 Å². The van der Waals surface area contributed by atoms with E-state index in [9.17, 15) is 9.90 Å². The van der Waals surface area contributed by atoms with E-state index in [1.165, 1.54) is 0 Å². The number of carbonyl (C=O) groups is 1. The summed E-state index contributed by atoms with van der Waals surface area (Å²) in [7, 11) is 0. The summed E-state index contributed by atoms with van der Waals surface area (Å²) in [6.45, 7) is 3.85. The maximum atomic E-state index is 11.3. The van der Waals surface area contributed by atoms with E-state index >= 15 is 0 Å². The minimum Gasteiger partial charge on any atom is -0.481 e. The van der Waals surface area contributed by atoms with Crippen LogP contribution in [0.15, 0.2) is 28.9 Å². The van der Waals surface area contributed by atoms with Gasteiger partial charge < -0.3 is 9.51 Å². The average molecular weight is 296 g/mol. The first-order chi connectivity index (χ1) is 8.07. The molecule has 90 valence electrons. The fraction of sp³-hybridized carbons (Fsp3) is 0.308. The second-order valence-corrected chi connectivity index (χ2v) is 4.87. The van der Waals surface area contributed by atoms with Gasteiger partial charge in [-0.25, -0.2) is 0 Å². The molecule has 2 aromatic rings. The Kier molecular flexibility index (Phi) is 3.24. The van der Waals surface area contributed by atoms with Gasteiger partial charge in [-0.15, -0.1) is 0 Å². The molecule has 2 aromatic heterocycles. The van der Waals surface area contributed by atoms with Crippen molar-refractivity contribution in [2.75, 3.05) is 0 Å². The zero-order valence-corrected chi connectivity index (χ0v) is 11.4. The molecule has 0 aromatic carbocycles. The van der Waals surface area contributed by atoms with Gasteiger partial charge in [0.2, 0.25) is 0 Å². The first kappa shape index (κ1) is 12.2. The lowest BCUT2D eigenvalue weighted by Gasteiger charge is -2.11. The monoisotopic (exact) mass is 295 g/mol. The summed E-state index contributed by atoms with van der Waals surface area (Å²) in [4.78, 5) is 11.3. The van der Waals surface area contributed by atoms with Crippen LogP contribution in [0.3, 0.4) is 0 Å². The molecule has 2 rings (SSSR count). The third-order valence-corrected chi connectivity index (χ3v) is 4.10. The van der Waals surface area contributed by atoms with Gasteiger partial charge in [0.05, 0.1) is 11.4 Å². The summed E-state index contributed by atoms with van der Waals surface area (Å²) >= 11 is 3.53. The highest BCUT2D eigenvalue weighted by atomic mass is 79.9. The van der Waals surface area contributed by atoms with Crippen molar-refractivity contribution < 1.29 is 9.90 Å². The van der Waals surface area contributed by atoms with Crippen LogP contribution in [0.5, 0.6) is 0 Å². The number of nitrogens with zero attached hydrogens (tertiary/aromatic N) is 1. The Labute approximate surface area is 108 Å². The van der Waals surface area contributed by atoms with Crippen molar-refractivity contribution in [3.05, 3.63) is 40.1 Å². The molecule has 0 saturated heterocycles. The maximum Gasteiger partial charge on any atom is 0.312 e. The molecule has 2 heterocycles. The zero-order valence-electron chi connectivity index (χ0n) is 9.77. The first-order valence-electron chi connectivity index (χ1n) is 5.55. The Bertz CT molecular complexity index is 574. The molecule has 3 nitrogen and oxygen atoms in total. The van der Waals surface area contributed by atoms with E-state index < -0.39 is 11.9 Å². The third kappa shape index (κ3) is 1.86. The van der Waals surface area contributed by atoms with Gasteiger partial charge in [-0.05, 0) is 47.0 Å². The van der Waals surface area contributed by atoms with E-state index in [1.807, 2.05) is 42.6 Å². The summed E-state index contributed by atoms with van der Waals surface area (Å²) in [6.07, 6.45) is 2.50. The molecule has 1 N–H and O–H groups in total. The van der Waals surface area contributed by atoms with Crippen molar-refractivity contribution in [2.24, 2.45) is 0 Å². The van der Waals surface area contributed by atoms with Crippen LogP contribution >= 0.6 is 15.9 Å². The largest absolute Gasteiger partial charge is 0.481 e. The molecule has 0 bridgehead atoms. The van der Waals surface area contributed by atoms with Gasteiger partial charge in [0.25, 0.3) is 0 Å². The van der Waals surface area contributed by atoms with Gasteiger partial charge >= 0.3 is 5.97 Å². The smallest absolute Gasteiger partial charge is 0.312 e. The maximum absolute atomic E-state index is 11.3. The van der Waals surface area contributed by atoms with Crippen LogP contribution in [-0.2, 0) is 4.79 Å². The number of fused-ring (bicyclic) bond motifs is 1. The number of aliphatic carboxylic acids is 1. The molecule has 0 fully saturated rings. The van der Waals surface area contributed by atoms with E-state index in [0.29, 0.717) is 6.42 Å². The highest BCUT2D eigenvalue weighted by Gasteiger charge is 2.25. The summed E-state index contributed by atoms with van der Waals surface area (Å²) in [5, 5.41) is 9.29. The van der Waals surface area contributed by atoms with Crippen molar-refractivity contribution in [3.8, 4) is 0 Å². The predicted octanol–water partition coefficient (Wildman–Crippen LogP) is 3.59. The average Bonchev–Trinajstić information content (AvgIpc) is 2.56. The highest BCUT2D eigenvalue weighted by Crippen LogP contribution is 2.33. The number of halogens is 1. The molecule has 4 heteroatoms. The third-order valence-electron chi connectivity index (χ3n) is 3.09. The molecule has 17 heavy (non-hydrogen) atoms. The van der Waals surface area contributed by atoms with Crippen molar-refractivity contribution in [3.63, 3.8) is 0 Å². The molecular weight excluding hydrogens is 282 g/mol. The Morgan fingerprint density at radius 2 is 2.24 bits per heavy atom. The van der Waals surface area contributed by atoms with Crippen LogP contribution in [-0.4, -0.2) is 15.5 Å². The van der Waals surface area contributed by atoms with Gasteiger partial charge in [-0.1, -0.05) is 13.0 Å². The summed E-state index contributed by atoms with van der Waals surface area (Å²) in [5.74, 6) is -1.23. The van der Waals surface area contributed by atoms with Crippen LogP contribution in [0.1, 0.15) is 30.5 Å². The van der Waals surface area contributed by atoms with Gasteiger partial charge in [0, 0.05) is 16.4 Å². The summed E-state index contributed by atoms with van der Waals surface area (Å²) in [6, 6.07) is 5.84. The topological polar surface area (TPSA) is 41.7 Å². The Morgan fingerprint density at radius 1 is 1.53 bits per heavy atom. The number of hydrogen-bond donors (Lipinski definition) is 1. The van der Waals surface area contributed by atoms with Gasteiger partial charge in [0.1, 0.15) is 0 Å². The predicted molar refractivity (Wildman–Crippen MR) is 70.5 cm³/mol. The number of carboxylic acids is 1. The van der Waals surface area contributed by atoms with Crippen LogP contribution in [0, 0.1) is 6.92 Å². The van der Waals surface area contributed by atoms with E-state index in [2.05, 4.69) is 15.9 Å². The summed E-state index contributed by atoms with van der Waals surface area (Å²) < 4.78 is 2.94. The first-order valence-corrected chi connectivity index (χ1v) is 6.35. The van der Waals surface area contributed by atoms with Crippen molar-refractivity contribution >= 4 is 27.4 Å². The molecule has 0 spiro atoms. The van der Waals surface area contributed by atoms with Crippen molar-refractivity contribution in [1.29, 1.82) is 0 Å². The molecule has 0 saturated carbocycles. The van der Waals surface area contributed by atoms with Crippen LogP contribution < -0.4 is 0 Å². The van der Waals surface area contributed by atoms with E-state index in [-0.39, 0.29) is 0 Å². The Hall–Kier alpha value is -1.29. The van der Waals surface area contributed by atoms with Gasteiger partial charge in [0.15, 0.2) is 0 Å². The van der Waals surface area contributed by atoms with E-state index in [1.54, 1.807) is 0 Å². The van der Waals surface area contributed by atoms with Crippen LogP contribution in [0.4, 0.5) is 0 Å². The molecule has 0 aliphatic heterocycles. The highest BCUT2D eigenvalue weighted by molar-refractivity contribution is 9.10. The number of aromatic nitrogens is 1. The zero-order chi connectivity index (χ0) is 12.6. The number of hydrogen-bond acceptors (Lipinski definition) is 1. The standard InChI is InChI=1S/C13H14BrNO2/c1-3-9(13(16)17)12-8(2)11(14)10-6-4-5-7-15(10)12/h4-7,9H,3H2,1-2H3,(H,16,17). The normalized spacial score (nSPS) is 12.9. The van der Waals surface area contributed by atoms with Gasteiger partial charge in [-0.3, -0.25) is 4.79 Å². The molecule has 1 unspecified atom stereocenters. The molecule has 1 atom stereocenters. The van der Waals surface area contributed by atoms with E-state index in [0.717, 1.165) is 21.2 Å². The van der Waals surface area contributed by atoms with Crippen molar-refractivity contribution in [1.82, 2.24) is 4.40 Å². The van der Waals surface area contributed by atoms with E-state index in [4.69, 9.17) is 0 Å². The molecule has 0 aliphatic carbocycles. The Balaban J connectivity index is 2.76. The fourth-order valence-corrected chi connectivity index (χ4v) is 2.76. The second kappa shape index (κ2) is 4.53. The van der Waals surface area contributed by atoms with Crippen molar-refractivity contribution in [2.45, 2.75) is 26.2 Å². The fourth-order valence-electron chi connectivity index (χ4n) is 2.23. The van der Waals surface area contributed by atoms with Gasteiger partial charge in [-0.2, -0.15) is 0 Å². The minimum absolute atomic E-state index is 0.462. The number of rotatable bonds is 3. The molecule has 0 radical (unpaired) electrons. The van der Waals surface area contributed by atoms with Crippen LogP contribution in [0.25, 0.3) is 5.52 Å².